The second-order valence-electron chi connectivity index (χ2n) is 4.51. The Balaban J connectivity index is 2.24. The maximum Gasteiger partial charge on any atom is 0.129 e. The molecule has 0 spiro atoms. The number of hydrogen-bond acceptors (Lipinski definition) is 3. The number of nitrogens with one attached hydrogen (secondary N) is 1. The number of rotatable bonds is 5. The first-order valence-electron chi connectivity index (χ1n) is 6.51. The molecule has 2 rings (SSSR count). The van der Waals surface area contributed by atoms with Crippen LogP contribution in [-0.4, -0.2) is 31.2 Å². The zero-order valence-electron chi connectivity index (χ0n) is 10.9. The molecule has 0 aliphatic carbocycles. The van der Waals surface area contributed by atoms with Crippen molar-refractivity contribution in [3.05, 3.63) is 48.7 Å². The molecular weight excluding hydrogens is 222 g/mol. The molecule has 1 aromatic rings. The minimum atomic E-state index is 0.802. The largest absolute Gasteiger partial charge is 0.349 e. The summed E-state index contributed by atoms with van der Waals surface area (Å²) in [7, 11) is 0. The number of hydrogen-bond donors (Lipinski definition) is 1. The van der Waals surface area contributed by atoms with Gasteiger partial charge in [-0.25, -0.2) is 4.98 Å². The van der Waals surface area contributed by atoms with Gasteiger partial charge in [-0.2, -0.15) is 0 Å². The first-order chi connectivity index (χ1) is 8.85. The summed E-state index contributed by atoms with van der Waals surface area (Å²) in [6.07, 6.45) is 5.89. The van der Waals surface area contributed by atoms with E-state index in [1.165, 1.54) is 11.3 Å². The van der Waals surface area contributed by atoms with Gasteiger partial charge in [0, 0.05) is 31.7 Å². The third kappa shape index (κ3) is 2.99. The fourth-order valence-electron chi connectivity index (χ4n) is 2.27. The van der Waals surface area contributed by atoms with Crippen molar-refractivity contribution in [2.24, 2.45) is 0 Å². The average Bonchev–Trinajstić information content (AvgIpc) is 2.62. The van der Waals surface area contributed by atoms with Gasteiger partial charge in [-0.05, 0) is 24.6 Å². The van der Waals surface area contributed by atoms with E-state index in [-0.39, 0.29) is 0 Å². The van der Waals surface area contributed by atoms with Crippen molar-refractivity contribution in [1.29, 1.82) is 0 Å². The van der Waals surface area contributed by atoms with Crippen LogP contribution in [-0.2, 0) is 12.8 Å². The van der Waals surface area contributed by atoms with Crippen LogP contribution in [0.5, 0.6) is 0 Å². The maximum absolute atomic E-state index is 4.80. The lowest BCUT2D eigenvalue weighted by molar-refractivity contribution is 0.708. The molecule has 1 aliphatic rings. The van der Waals surface area contributed by atoms with Crippen LogP contribution in [0.25, 0.3) is 0 Å². The third-order valence-corrected chi connectivity index (χ3v) is 3.19. The average molecular weight is 243 g/mol. The minimum absolute atomic E-state index is 0.802. The van der Waals surface area contributed by atoms with Gasteiger partial charge in [-0.15, -0.1) is 13.2 Å². The molecule has 1 aromatic heterocycles. The predicted molar refractivity (Wildman–Crippen MR) is 77.1 cm³/mol. The van der Waals surface area contributed by atoms with Crippen molar-refractivity contribution in [2.75, 3.05) is 31.1 Å². The Morgan fingerprint density at radius 1 is 1.17 bits per heavy atom. The highest BCUT2D eigenvalue weighted by Crippen LogP contribution is 2.17. The van der Waals surface area contributed by atoms with Crippen LogP contribution >= 0.6 is 0 Å². The molecule has 0 amide bonds. The predicted octanol–water partition coefficient (Wildman–Crippen LogP) is 1.95. The molecular formula is C15H21N3. The highest BCUT2D eigenvalue weighted by atomic mass is 15.2. The van der Waals surface area contributed by atoms with Crippen molar-refractivity contribution in [3.63, 3.8) is 0 Å². The normalized spacial score (nSPS) is 14.4. The van der Waals surface area contributed by atoms with Gasteiger partial charge in [0.2, 0.25) is 0 Å². The Hall–Kier alpha value is -1.61. The Kier molecular flexibility index (Phi) is 4.53. The van der Waals surface area contributed by atoms with Gasteiger partial charge >= 0.3 is 0 Å². The van der Waals surface area contributed by atoms with Gasteiger partial charge in [-0.1, -0.05) is 18.2 Å². The SMILES string of the molecule is C=CCN(CC=C)c1ccc2c(n1)CCNCC2. The lowest BCUT2D eigenvalue weighted by Crippen LogP contribution is -2.24. The molecule has 0 saturated carbocycles. The fraction of sp³-hybridized carbons (Fsp3) is 0.400. The van der Waals surface area contributed by atoms with Gasteiger partial charge in [0.05, 0.1) is 0 Å². The molecule has 1 N–H and O–H groups in total. The molecule has 2 heterocycles. The van der Waals surface area contributed by atoms with Gasteiger partial charge in [-0.3, -0.25) is 0 Å². The van der Waals surface area contributed by atoms with Gasteiger partial charge in [0.15, 0.2) is 0 Å². The van der Waals surface area contributed by atoms with Crippen LogP contribution in [0.1, 0.15) is 11.3 Å². The van der Waals surface area contributed by atoms with Crippen LogP contribution in [0.4, 0.5) is 5.82 Å². The molecule has 0 aromatic carbocycles. The van der Waals surface area contributed by atoms with E-state index < -0.39 is 0 Å². The quantitative estimate of drug-likeness (QED) is 0.801. The molecule has 18 heavy (non-hydrogen) atoms. The molecule has 0 unspecified atom stereocenters. The fourth-order valence-corrected chi connectivity index (χ4v) is 2.27. The Labute approximate surface area is 109 Å². The molecule has 0 fully saturated rings. The molecule has 0 atom stereocenters. The Morgan fingerprint density at radius 2 is 1.89 bits per heavy atom. The molecule has 0 radical (unpaired) electrons. The van der Waals surface area contributed by atoms with Crippen molar-refractivity contribution in [3.8, 4) is 0 Å². The molecule has 3 heteroatoms. The summed E-state index contributed by atoms with van der Waals surface area (Å²) < 4.78 is 0. The highest BCUT2D eigenvalue weighted by Gasteiger charge is 2.11. The van der Waals surface area contributed by atoms with E-state index >= 15 is 0 Å². The number of nitrogens with zero attached hydrogens (tertiary/aromatic N) is 2. The number of pyridine rings is 1. The van der Waals surface area contributed by atoms with Crippen molar-refractivity contribution in [2.45, 2.75) is 12.8 Å². The van der Waals surface area contributed by atoms with Crippen LogP contribution in [0.3, 0.4) is 0 Å². The standard InChI is InChI=1S/C15H21N3/c1-3-11-18(12-4-2)15-6-5-13-7-9-16-10-8-14(13)17-15/h3-6,16H,1-2,7-12H2. The summed E-state index contributed by atoms with van der Waals surface area (Å²) in [5.41, 5.74) is 2.61. The molecule has 1 aliphatic heterocycles. The van der Waals surface area contributed by atoms with Crippen molar-refractivity contribution in [1.82, 2.24) is 10.3 Å². The topological polar surface area (TPSA) is 28.2 Å². The number of anilines is 1. The minimum Gasteiger partial charge on any atom is -0.349 e. The number of fused-ring (bicyclic) bond motifs is 1. The maximum atomic E-state index is 4.80. The van der Waals surface area contributed by atoms with Gasteiger partial charge in [0.25, 0.3) is 0 Å². The Morgan fingerprint density at radius 3 is 2.61 bits per heavy atom. The zero-order valence-corrected chi connectivity index (χ0v) is 10.9. The summed E-state index contributed by atoms with van der Waals surface area (Å²) in [5.74, 6) is 1.02. The van der Waals surface area contributed by atoms with Crippen LogP contribution < -0.4 is 10.2 Å². The zero-order chi connectivity index (χ0) is 12.8. The van der Waals surface area contributed by atoms with E-state index in [2.05, 4.69) is 35.5 Å². The Bertz CT molecular complexity index is 416. The number of aromatic nitrogens is 1. The van der Waals surface area contributed by atoms with Gasteiger partial charge < -0.3 is 10.2 Å². The summed E-state index contributed by atoms with van der Waals surface area (Å²) in [6, 6.07) is 4.32. The second kappa shape index (κ2) is 6.36. The lowest BCUT2D eigenvalue weighted by atomic mass is 10.1. The van der Waals surface area contributed by atoms with Crippen LogP contribution in [0.15, 0.2) is 37.4 Å². The van der Waals surface area contributed by atoms with E-state index in [1.54, 1.807) is 0 Å². The smallest absolute Gasteiger partial charge is 0.129 e. The highest BCUT2D eigenvalue weighted by molar-refractivity contribution is 5.43. The van der Waals surface area contributed by atoms with Crippen LogP contribution in [0.2, 0.25) is 0 Å². The molecule has 0 bridgehead atoms. The summed E-state index contributed by atoms with van der Waals surface area (Å²) in [6.45, 7) is 11.3. The first kappa shape index (κ1) is 12.8. The lowest BCUT2D eigenvalue weighted by Gasteiger charge is -2.21. The van der Waals surface area contributed by atoms with E-state index in [4.69, 9.17) is 4.98 Å². The van der Waals surface area contributed by atoms with E-state index in [9.17, 15) is 0 Å². The first-order valence-corrected chi connectivity index (χ1v) is 6.51. The van der Waals surface area contributed by atoms with E-state index in [0.29, 0.717) is 0 Å². The molecule has 96 valence electrons. The summed E-state index contributed by atoms with van der Waals surface area (Å²) in [5, 5.41) is 3.41. The summed E-state index contributed by atoms with van der Waals surface area (Å²) in [4.78, 5) is 6.98. The van der Waals surface area contributed by atoms with Crippen molar-refractivity contribution >= 4 is 5.82 Å². The second-order valence-corrected chi connectivity index (χ2v) is 4.51. The summed E-state index contributed by atoms with van der Waals surface area (Å²) >= 11 is 0. The third-order valence-electron chi connectivity index (χ3n) is 3.19. The van der Waals surface area contributed by atoms with E-state index in [0.717, 1.165) is 44.8 Å². The van der Waals surface area contributed by atoms with E-state index in [1.807, 2.05) is 12.2 Å². The van der Waals surface area contributed by atoms with Crippen molar-refractivity contribution < 1.29 is 0 Å². The van der Waals surface area contributed by atoms with Crippen LogP contribution in [0, 0.1) is 0 Å². The molecule has 0 saturated heterocycles. The van der Waals surface area contributed by atoms with Gasteiger partial charge in [0.1, 0.15) is 5.82 Å². The monoisotopic (exact) mass is 243 g/mol. The molecule has 3 nitrogen and oxygen atoms in total.